The second kappa shape index (κ2) is 11.9. The minimum atomic E-state index is -0.743. The summed E-state index contributed by atoms with van der Waals surface area (Å²) >= 11 is 0. The average Bonchev–Trinajstić information content (AvgIpc) is 3.21. The van der Waals surface area contributed by atoms with E-state index < -0.39 is 35.3 Å². The quantitative estimate of drug-likeness (QED) is 0.266. The Labute approximate surface area is 230 Å². The second-order valence-corrected chi connectivity index (χ2v) is 10.9. The van der Waals surface area contributed by atoms with E-state index in [-0.39, 0.29) is 22.8 Å². The Kier molecular flexibility index (Phi) is 8.56. The van der Waals surface area contributed by atoms with E-state index in [2.05, 4.69) is 25.7 Å². The number of carbonyl (C=O) groups is 2. The van der Waals surface area contributed by atoms with Gasteiger partial charge in [0.15, 0.2) is 11.5 Å². The van der Waals surface area contributed by atoms with Gasteiger partial charge in [-0.15, -0.1) is 0 Å². The summed E-state index contributed by atoms with van der Waals surface area (Å²) in [7, 11) is 0. The van der Waals surface area contributed by atoms with Gasteiger partial charge in [0.2, 0.25) is 0 Å². The molecule has 2 aliphatic rings. The van der Waals surface area contributed by atoms with Crippen LogP contribution in [0.15, 0.2) is 96.5 Å². The van der Waals surface area contributed by atoms with Crippen LogP contribution in [0.2, 0.25) is 0 Å². The number of ether oxygens (including phenoxy) is 2. The van der Waals surface area contributed by atoms with Crippen molar-refractivity contribution in [1.29, 1.82) is 0 Å². The highest BCUT2D eigenvalue weighted by molar-refractivity contribution is 6.25. The van der Waals surface area contributed by atoms with Crippen LogP contribution in [0.5, 0.6) is 0 Å². The van der Waals surface area contributed by atoms with Gasteiger partial charge in [0.25, 0.3) is 0 Å². The van der Waals surface area contributed by atoms with Gasteiger partial charge in [-0.1, -0.05) is 100 Å². The van der Waals surface area contributed by atoms with Crippen molar-refractivity contribution >= 4 is 23.1 Å². The first-order chi connectivity index (χ1) is 18.6. The normalized spacial score (nSPS) is 25.1. The number of rotatable bonds is 4. The van der Waals surface area contributed by atoms with Crippen molar-refractivity contribution in [1.82, 2.24) is 0 Å². The molecule has 0 bridgehead atoms. The smallest absolute Gasteiger partial charge is 0.348 e. The zero-order valence-corrected chi connectivity index (χ0v) is 22.7. The molecule has 39 heavy (non-hydrogen) atoms. The Morgan fingerprint density at radius 1 is 1.03 bits per heavy atom. The fourth-order valence-corrected chi connectivity index (χ4v) is 4.87. The van der Waals surface area contributed by atoms with Crippen LogP contribution in [0.1, 0.15) is 57.6 Å². The lowest BCUT2D eigenvalue weighted by Crippen LogP contribution is -2.33. The third kappa shape index (κ3) is 6.40. The molecule has 2 aromatic rings. The summed E-state index contributed by atoms with van der Waals surface area (Å²) < 4.78 is 11.7. The van der Waals surface area contributed by atoms with Crippen LogP contribution in [0, 0.1) is 11.3 Å². The van der Waals surface area contributed by atoms with Crippen molar-refractivity contribution in [2.75, 3.05) is 0 Å². The molecule has 6 nitrogen and oxygen atoms in total. The minimum absolute atomic E-state index is 0.00990. The van der Waals surface area contributed by atoms with Crippen LogP contribution in [-0.4, -0.2) is 34.4 Å². The van der Waals surface area contributed by atoms with Gasteiger partial charge in [-0.05, 0) is 48.3 Å². The predicted molar refractivity (Wildman–Crippen MR) is 151 cm³/mol. The van der Waals surface area contributed by atoms with Crippen molar-refractivity contribution in [2.24, 2.45) is 11.3 Å². The van der Waals surface area contributed by atoms with Crippen molar-refractivity contribution in [3.8, 4) is 0 Å². The summed E-state index contributed by atoms with van der Waals surface area (Å²) in [5, 5.41) is 21.7. The maximum Gasteiger partial charge on any atom is 0.348 e. The van der Waals surface area contributed by atoms with E-state index in [0.717, 1.165) is 6.42 Å². The fourth-order valence-electron chi connectivity index (χ4n) is 4.87. The number of hydrogen-bond acceptors (Lipinski definition) is 6. The molecule has 0 amide bonds. The van der Waals surface area contributed by atoms with Gasteiger partial charge in [0, 0.05) is 5.41 Å². The zero-order valence-electron chi connectivity index (χ0n) is 22.7. The molecule has 2 aromatic carbocycles. The van der Waals surface area contributed by atoms with Gasteiger partial charge in [0.05, 0.1) is 6.10 Å². The van der Waals surface area contributed by atoms with Gasteiger partial charge >= 0.3 is 11.9 Å². The molecule has 1 aliphatic heterocycles. The Morgan fingerprint density at radius 2 is 1.67 bits per heavy atom. The summed E-state index contributed by atoms with van der Waals surface area (Å²) in [6.45, 7) is 10.2. The summed E-state index contributed by atoms with van der Waals surface area (Å²) in [5.74, 6) is -1.86. The van der Waals surface area contributed by atoms with Crippen molar-refractivity contribution < 1.29 is 29.3 Å². The van der Waals surface area contributed by atoms with Gasteiger partial charge < -0.3 is 19.7 Å². The van der Waals surface area contributed by atoms with Gasteiger partial charge in [-0.3, -0.25) is 0 Å². The van der Waals surface area contributed by atoms with Gasteiger partial charge in [-0.2, -0.15) is 0 Å². The Morgan fingerprint density at radius 3 is 2.33 bits per heavy atom. The molecule has 0 aromatic heterocycles. The summed E-state index contributed by atoms with van der Waals surface area (Å²) in [4.78, 5) is 26.8. The molecule has 0 fully saturated rings. The summed E-state index contributed by atoms with van der Waals surface area (Å²) in [6.07, 6.45) is 5.34. The average molecular weight is 529 g/mol. The molecule has 2 N–H and O–H groups in total. The number of esters is 2. The van der Waals surface area contributed by atoms with Crippen molar-refractivity contribution in [2.45, 2.75) is 58.7 Å². The molecule has 0 spiro atoms. The van der Waals surface area contributed by atoms with E-state index in [1.54, 1.807) is 60.7 Å². The molecule has 204 valence electrons. The number of benzene rings is 2. The number of cyclic esters (lactones) is 1. The maximum atomic E-state index is 13.9. The predicted octanol–water partition coefficient (Wildman–Crippen LogP) is 6.55. The van der Waals surface area contributed by atoms with E-state index in [4.69, 9.17) is 9.47 Å². The molecule has 0 saturated heterocycles. The second-order valence-electron chi connectivity index (χ2n) is 10.9. The lowest BCUT2D eigenvalue weighted by atomic mass is 9.82. The third-order valence-electron chi connectivity index (χ3n) is 7.43. The Bertz CT molecular complexity index is 1320. The Hall–Kier alpha value is -3.90. The summed E-state index contributed by atoms with van der Waals surface area (Å²) in [6, 6.07) is 17.4. The van der Waals surface area contributed by atoms with Crippen LogP contribution in [0.3, 0.4) is 0 Å². The highest BCUT2D eigenvalue weighted by atomic mass is 16.6. The summed E-state index contributed by atoms with van der Waals surface area (Å²) in [5.41, 5.74) is 1.06. The van der Waals surface area contributed by atoms with Crippen molar-refractivity contribution in [3.63, 3.8) is 0 Å². The first-order valence-electron chi connectivity index (χ1n) is 13.4. The fraction of sp³-hybridized carbons (Fsp3) is 0.333. The standard InChI is InChI=1S/C33H36O6/c1-21-15-17-25(34)22(2)16-18-26(33(3,4)20-19-21)38-32(37)28(24-13-9-6-10-14-24)30-29(35)27(31(36)39-30)23-11-7-5-8-12-23/h5-14,19-21,25-26,34-35H,2,15-18H2,1,3-4H3/t21-,25+,26+/m0/s1. The molecule has 6 heteroatoms. The van der Waals surface area contributed by atoms with Crippen LogP contribution in [0.4, 0.5) is 0 Å². The third-order valence-corrected chi connectivity index (χ3v) is 7.43. The molecule has 1 aliphatic carbocycles. The molecular formula is C33H36O6. The van der Waals surface area contributed by atoms with Crippen LogP contribution < -0.4 is 0 Å². The molecular weight excluding hydrogens is 492 g/mol. The number of allylic oxidation sites excluding steroid dienone is 1. The highest BCUT2D eigenvalue weighted by Gasteiger charge is 2.38. The van der Waals surface area contributed by atoms with Gasteiger partial charge in [0.1, 0.15) is 17.3 Å². The SMILES string of the molecule is C=C1CC[C@@H](OC(=O)C(=C2OC(=O)C(c3ccccc3)=C2O)c2ccccc2)C(C)(C)C=C[C@@H](C)CC[C@H]1O. The molecule has 1 heterocycles. The van der Waals surface area contributed by atoms with Gasteiger partial charge in [-0.25, -0.2) is 9.59 Å². The molecule has 0 saturated carbocycles. The maximum absolute atomic E-state index is 13.9. The highest BCUT2D eigenvalue weighted by Crippen LogP contribution is 2.38. The molecule has 0 unspecified atom stereocenters. The van der Waals surface area contributed by atoms with Crippen LogP contribution >= 0.6 is 0 Å². The number of carbonyl (C=O) groups excluding carboxylic acids is 2. The van der Waals surface area contributed by atoms with Crippen LogP contribution in [0.25, 0.3) is 11.1 Å². The van der Waals surface area contributed by atoms with E-state index in [0.29, 0.717) is 36.0 Å². The molecule has 3 atom stereocenters. The largest absolute Gasteiger partial charge is 0.504 e. The minimum Gasteiger partial charge on any atom is -0.504 e. The lowest BCUT2D eigenvalue weighted by Gasteiger charge is -2.32. The number of aliphatic hydroxyl groups excluding tert-OH is 2. The van der Waals surface area contributed by atoms with E-state index in [1.807, 2.05) is 13.8 Å². The Balaban J connectivity index is 1.76. The number of aliphatic hydroxyl groups is 2. The van der Waals surface area contributed by atoms with Crippen molar-refractivity contribution in [3.05, 3.63) is 108 Å². The lowest BCUT2D eigenvalue weighted by molar-refractivity contribution is -0.146. The van der Waals surface area contributed by atoms with E-state index in [1.165, 1.54) is 0 Å². The monoisotopic (exact) mass is 528 g/mol. The van der Waals surface area contributed by atoms with E-state index >= 15 is 0 Å². The zero-order chi connectivity index (χ0) is 28.2. The molecule has 0 radical (unpaired) electrons. The topological polar surface area (TPSA) is 93.1 Å². The van der Waals surface area contributed by atoms with Crippen LogP contribution in [-0.2, 0) is 19.1 Å². The number of hydrogen-bond donors (Lipinski definition) is 2. The van der Waals surface area contributed by atoms with E-state index in [9.17, 15) is 19.8 Å². The molecule has 4 rings (SSSR count). The first-order valence-corrected chi connectivity index (χ1v) is 13.4. The first kappa shape index (κ1) is 28.1.